The van der Waals surface area contributed by atoms with Crippen molar-refractivity contribution in [2.45, 2.75) is 57.2 Å². The van der Waals surface area contributed by atoms with Crippen molar-refractivity contribution < 1.29 is 14.1 Å². The quantitative estimate of drug-likeness (QED) is 0.648. The second-order valence-corrected chi connectivity index (χ2v) is 7.90. The Bertz CT molecular complexity index is 572. The van der Waals surface area contributed by atoms with Crippen LogP contribution in [0, 0.1) is 12.8 Å². The number of nitrogens with zero attached hydrogens (tertiary/aromatic N) is 1. The zero-order valence-electron chi connectivity index (χ0n) is 14.9. The third-order valence-corrected chi connectivity index (χ3v) is 5.68. The van der Waals surface area contributed by atoms with E-state index in [1.54, 1.807) is 19.9 Å². The van der Waals surface area contributed by atoms with Crippen molar-refractivity contribution >= 4 is 29.4 Å². The molecule has 1 aromatic heterocycles. The van der Waals surface area contributed by atoms with Crippen molar-refractivity contribution in [2.75, 3.05) is 17.6 Å². The lowest BCUT2D eigenvalue weighted by atomic mass is 9.84. The smallest absolute Gasteiger partial charge is 0.238 e. The van der Waals surface area contributed by atoms with Crippen molar-refractivity contribution in [3.8, 4) is 0 Å². The zero-order chi connectivity index (χ0) is 18.2. The highest BCUT2D eigenvalue weighted by Gasteiger charge is 2.24. The molecule has 0 spiro atoms. The summed E-state index contributed by atoms with van der Waals surface area (Å²) in [5.74, 6) is 1.46. The Labute approximate surface area is 152 Å². The van der Waals surface area contributed by atoms with E-state index in [4.69, 9.17) is 10.3 Å². The van der Waals surface area contributed by atoms with Crippen LogP contribution < -0.4 is 16.4 Å². The molecular weight excluding hydrogens is 340 g/mol. The molecule has 7 nitrogen and oxygen atoms in total. The van der Waals surface area contributed by atoms with E-state index in [9.17, 15) is 9.59 Å². The summed E-state index contributed by atoms with van der Waals surface area (Å²) in [5, 5.41) is 9.07. The molecule has 25 heavy (non-hydrogen) atoms. The number of hydrogen-bond donors (Lipinski definition) is 3. The van der Waals surface area contributed by atoms with E-state index in [-0.39, 0.29) is 28.9 Å². The number of amides is 2. The third kappa shape index (κ3) is 6.36. The van der Waals surface area contributed by atoms with Crippen molar-refractivity contribution in [1.82, 2.24) is 10.5 Å². The van der Waals surface area contributed by atoms with Crippen LogP contribution in [-0.4, -0.2) is 40.6 Å². The van der Waals surface area contributed by atoms with E-state index in [2.05, 4.69) is 15.8 Å². The van der Waals surface area contributed by atoms with Gasteiger partial charge in [-0.05, 0) is 32.6 Å². The number of thioether (sulfide) groups is 1. The number of rotatable bonds is 8. The molecule has 2 amide bonds. The number of nitrogens with two attached hydrogens (primary N) is 1. The molecule has 1 heterocycles. The maximum atomic E-state index is 12.2. The molecule has 0 aliphatic heterocycles. The number of hydrogen-bond acceptors (Lipinski definition) is 6. The summed E-state index contributed by atoms with van der Waals surface area (Å²) in [4.78, 5) is 24.3. The zero-order valence-corrected chi connectivity index (χ0v) is 15.7. The molecule has 0 bridgehead atoms. The average molecular weight is 369 g/mol. The molecule has 140 valence electrons. The van der Waals surface area contributed by atoms with Gasteiger partial charge in [-0.15, -0.1) is 11.8 Å². The van der Waals surface area contributed by atoms with Crippen LogP contribution in [0.3, 0.4) is 0 Å². The summed E-state index contributed by atoms with van der Waals surface area (Å²) in [7, 11) is 0. The normalized spacial score (nSPS) is 17.7. The summed E-state index contributed by atoms with van der Waals surface area (Å²) in [6, 6.07) is 1.69. The standard InChI is InChI=1S/C17H28N4O3S/c1-11-8-15(21-24-11)20-17(23)12(2)25-10-16(22)19-14(9-18)13-6-4-3-5-7-13/h8,12-14H,3-7,9-10,18H2,1-2H3,(H,19,22)(H,20,21,23). The number of anilines is 1. The van der Waals surface area contributed by atoms with Crippen LogP contribution in [0.5, 0.6) is 0 Å². The van der Waals surface area contributed by atoms with E-state index in [1.807, 2.05) is 0 Å². The third-order valence-electron chi connectivity index (χ3n) is 4.53. The lowest BCUT2D eigenvalue weighted by Crippen LogP contribution is -2.46. The minimum absolute atomic E-state index is 0.0376. The molecule has 1 aliphatic rings. The molecule has 0 radical (unpaired) electrons. The Balaban J connectivity index is 1.73. The lowest BCUT2D eigenvalue weighted by Gasteiger charge is -2.30. The molecule has 2 unspecified atom stereocenters. The SMILES string of the molecule is Cc1cc(NC(=O)C(C)SCC(=O)NC(CN)C2CCCCC2)no1. The van der Waals surface area contributed by atoms with Crippen molar-refractivity contribution in [3.05, 3.63) is 11.8 Å². The number of carbonyl (C=O) groups excluding carboxylic acids is 2. The fraction of sp³-hybridized carbons (Fsp3) is 0.706. The fourth-order valence-corrected chi connectivity index (χ4v) is 3.78. The van der Waals surface area contributed by atoms with Gasteiger partial charge in [0.1, 0.15) is 5.76 Å². The second-order valence-electron chi connectivity index (χ2n) is 6.57. The number of carbonyl (C=O) groups is 2. The monoisotopic (exact) mass is 368 g/mol. The van der Waals surface area contributed by atoms with Gasteiger partial charge in [0.25, 0.3) is 0 Å². The molecule has 0 aromatic carbocycles. The molecule has 1 aromatic rings. The van der Waals surface area contributed by atoms with Gasteiger partial charge in [0, 0.05) is 18.7 Å². The van der Waals surface area contributed by atoms with Crippen LogP contribution in [0.1, 0.15) is 44.8 Å². The highest BCUT2D eigenvalue weighted by molar-refractivity contribution is 8.01. The van der Waals surface area contributed by atoms with Crippen molar-refractivity contribution in [2.24, 2.45) is 11.7 Å². The van der Waals surface area contributed by atoms with Crippen LogP contribution in [0.2, 0.25) is 0 Å². The topological polar surface area (TPSA) is 110 Å². The molecule has 4 N–H and O–H groups in total. The summed E-state index contributed by atoms with van der Waals surface area (Å²) in [6.07, 6.45) is 5.96. The highest BCUT2D eigenvalue weighted by Crippen LogP contribution is 2.26. The first kappa shape index (κ1) is 19.8. The van der Waals surface area contributed by atoms with Crippen molar-refractivity contribution in [3.63, 3.8) is 0 Å². The lowest BCUT2D eigenvalue weighted by molar-refractivity contribution is -0.119. The van der Waals surface area contributed by atoms with E-state index in [0.717, 1.165) is 12.8 Å². The largest absolute Gasteiger partial charge is 0.360 e. The van der Waals surface area contributed by atoms with Gasteiger partial charge in [0.05, 0.1) is 11.0 Å². The number of nitrogens with one attached hydrogen (secondary N) is 2. The Kier molecular flexibility index (Phi) is 7.77. The molecular formula is C17H28N4O3S. The number of aromatic nitrogens is 1. The summed E-state index contributed by atoms with van der Waals surface area (Å²) < 4.78 is 4.91. The summed E-state index contributed by atoms with van der Waals surface area (Å²) in [5.41, 5.74) is 5.84. The van der Waals surface area contributed by atoms with Crippen LogP contribution in [0.4, 0.5) is 5.82 Å². The van der Waals surface area contributed by atoms with Crippen molar-refractivity contribution in [1.29, 1.82) is 0 Å². The minimum Gasteiger partial charge on any atom is -0.360 e. The van der Waals surface area contributed by atoms with Crippen LogP contribution in [0.25, 0.3) is 0 Å². The number of aryl methyl sites for hydroxylation is 1. The molecule has 2 atom stereocenters. The van der Waals surface area contributed by atoms with E-state index < -0.39 is 0 Å². The fourth-order valence-electron chi connectivity index (χ4n) is 3.08. The van der Waals surface area contributed by atoms with Crippen LogP contribution >= 0.6 is 11.8 Å². The summed E-state index contributed by atoms with van der Waals surface area (Å²) >= 11 is 1.29. The molecule has 8 heteroatoms. The van der Waals surface area contributed by atoms with Crippen LogP contribution in [-0.2, 0) is 9.59 Å². The Morgan fingerprint density at radius 1 is 1.40 bits per heavy atom. The first-order valence-electron chi connectivity index (χ1n) is 8.84. The maximum Gasteiger partial charge on any atom is 0.238 e. The van der Waals surface area contributed by atoms with E-state index in [1.165, 1.54) is 31.0 Å². The predicted molar refractivity (Wildman–Crippen MR) is 99.3 cm³/mol. The Morgan fingerprint density at radius 3 is 2.72 bits per heavy atom. The molecule has 0 saturated heterocycles. The minimum atomic E-state index is -0.367. The van der Waals surface area contributed by atoms with Gasteiger partial charge in [-0.25, -0.2) is 0 Å². The molecule has 1 saturated carbocycles. The molecule has 1 fully saturated rings. The van der Waals surface area contributed by atoms with E-state index in [0.29, 0.717) is 24.0 Å². The van der Waals surface area contributed by atoms with Gasteiger partial charge in [-0.1, -0.05) is 24.4 Å². The maximum absolute atomic E-state index is 12.2. The predicted octanol–water partition coefficient (Wildman–Crippen LogP) is 2.07. The van der Waals surface area contributed by atoms with Gasteiger partial charge >= 0.3 is 0 Å². The first-order chi connectivity index (χ1) is 12.0. The van der Waals surface area contributed by atoms with Gasteiger partial charge in [-0.3, -0.25) is 9.59 Å². The molecule has 2 rings (SSSR count). The highest BCUT2D eigenvalue weighted by atomic mass is 32.2. The van der Waals surface area contributed by atoms with Gasteiger partial charge in [0.15, 0.2) is 5.82 Å². The Hall–Kier alpha value is -1.54. The van der Waals surface area contributed by atoms with E-state index >= 15 is 0 Å². The van der Waals surface area contributed by atoms with Gasteiger partial charge in [0.2, 0.25) is 11.8 Å². The first-order valence-corrected chi connectivity index (χ1v) is 9.89. The second kappa shape index (κ2) is 9.82. The average Bonchev–Trinajstić information content (AvgIpc) is 3.03. The van der Waals surface area contributed by atoms with Gasteiger partial charge in [-0.2, -0.15) is 0 Å². The molecule has 1 aliphatic carbocycles. The summed E-state index contributed by atoms with van der Waals surface area (Å²) in [6.45, 7) is 3.98. The van der Waals surface area contributed by atoms with Gasteiger partial charge < -0.3 is 20.9 Å². The van der Waals surface area contributed by atoms with Crippen LogP contribution in [0.15, 0.2) is 10.6 Å². The Morgan fingerprint density at radius 2 is 2.12 bits per heavy atom.